The van der Waals surface area contributed by atoms with Crippen LogP contribution < -0.4 is 9.64 Å². The molecule has 1 amide bonds. The maximum Gasteiger partial charge on any atom is 0.433 e. The van der Waals surface area contributed by atoms with Crippen molar-refractivity contribution < 1.29 is 22.7 Å². The van der Waals surface area contributed by atoms with Crippen molar-refractivity contribution in [3.05, 3.63) is 89.2 Å². The number of hydrogen-bond donors (Lipinski definition) is 0. The van der Waals surface area contributed by atoms with Crippen molar-refractivity contribution >= 4 is 11.6 Å². The molecule has 2 aromatic carbocycles. The highest BCUT2D eigenvalue weighted by Gasteiger charge is 2.32. The zero-order chi connectivity index (χ0) is 22.6. The van der Waals surface area contributed by atoms with Crippen LogP contribution in [0.1, 0.15) is 28.8 Å². The van der Waals surface area contributed by atoms with Gasteiger partial charge in [-0.2, -0.15) is 13.2 Å². The molecular formula is C25H23F3N2O2. The summed E-state index contributed by atoms with van der Waals surface area (Å²) in [5, 5.41) is 0. The molecule has 0 saturated heterocycles. The molecule has 0 saturated carbocycles. The molecule has 0 unspecified atom stereocenters. The van der Waals surface area contributed by atoms with Crippen LogP contribution in [0.2, 0.25) is 0 Å². The summed E-state index contributed by atoms with van der Waals surface area (Å²) in [5.41, 5.74) is 2.43. The van der Waals surface area contributed by atoms with Gasteiger partial charge in [-0.15, -0.1) is 0 Å². The van der Waals surface area contributed by atoms with E-state index in [4.69, 9.17) is 4.74 Å². The summed E-state index contributed by atoms with van der Waals surface area (Å²) in [6.45, 7) is 1.02. The lowest BCUT2D eigenvalue weighted by Crippen LogP contribution is -2.34. The lowest BCUT2D eigenvalue weighted by atomic mass is 10.0. The third-order valence-electron chi connectivity index (χ3n) is 5.44. The molecule has 0 radical (unpaired) electrons. The van der Waals surface area contributed by atoms with Crippen molar-refractivity contribution in [2.24, 2.45) is 0 Å². The number of aromatic nitrogens is 1. The van der Waals surface area contributed by atoms with E-state index in [-0.39, 0.29) is 12.3 Å². The summed E-state index contributed by atoms with van der Waals surface area (Å²) in [6, 6.07) is 17.6. The zero-order valence-electron chi connectivity index (χ0n) is 17.4. The maximum absolute atomic E-state index is 13.2. The number of halogens is 3. The van der Waals surface area contributed by atoms with E-state index in [1.54, 1.807) is 4.90 Å². The van der Waals surface area contributed by atoms with Crippen molar-refractivity contribution in [1.82, 2.24) is 4.98 Å². The Morgan fingerprint density at radius 1 is 1.03 bits per heavy atom. The Morgan fingerprint density at radius 2 is 1.84 bits per heavy atom. The largest absolute Gasteiger partial charge is 0.493 e. The van der Waals surface area contributed by atoms with E-state index in [1.807, 2.05) is 48.5 Å². The number of hydrogen-bond acceptors (Lipinski definition) is 3. The summed E-state index contributed by atoms with van der Waals surface area (Å²) in [6.07, 6.45) is -0.817. The fourth-order valence-corrected chi connectivity index (χ4v) is 3.76. The van der Waals surface area contributed by atoms with Crippen molar-refractivity contribution in [2.45, 2.75) is 31.9 Å². The molecule has 4 rings (SSSR count). The van der Waals surface area contributed by atoms with Gasteiger partial charge in [0.15, 0.2) is 0 Å². The molecule has 1 aromatic heterocycles. The van der Waals surface area contributed by atoms with E-state index >= 15 is 0 Å². The Hall–Kier alpha value is -3.35. The molecule has 0 fully saturated rings. The van der Waals surface area contributed by atoms with Crippen molar-refractivity contribution in [1.29, 1.82) is 0 Å². The van der Waals surface area contributed by atoms with Crippen LogP contribution in [0.15, 0.2) is 66.9 Å². The SMILES string of the molecule is O=C(Cc1ccccc1)N(CCc1ccc(C(F)(F)F)nc1)c1ccc2c(c1)CCCO2. The van der Waals surface area contributed by atoms with Gasteiger partial charge in [0.1, 0.15) is 11.4 Å². The van der Waals surface area contributed by atoms with Gasteiger partial charge < -0.3 is 9.64 Å². The first-order chi connectivity index (χ1) is 15.4. The smallest absolute Gasteiger partial charge is 0.433 e. The molecule has 0 atom stereocenters. The van der Waals surface area contributed by atoms with E-state index in [1.165, 1.54) is 12.3 Å². The van der Waals surface area contributed by atoms with Crippen LogP contribution in [0, 0.1) is 0 Å². The quantitative estimate of drug-likeness (QED) is 0.526. The predicted octanol–water partition coefficient (Wildman–Crippen LogP) is 5.24. The second kappa shape index (κ2) is 9.42. The van der Waals surface area contributed by atoms with Crippen LogP contribution in [0.4, 0.5) is 18.9 Å². The van der Waals surface area contributed by atoms with E-state index < -0.39 is 11.9 Å². The first-order valence-corrected chi connectivity index (χ1v) is 10.5. The van der Waals surface area contributed by atoms with Crippen LogP contribution in [0.3, 0.4) is 0 Å². The van der Waals surface area contributed by atoms with Crippen LogP contribution in [-0.4, -0.2) is 24.0 Å². The first-order valence-electron chi connectivity index (χ1n) is 10.5. The Bertz CT molecular complexity index is 1070. The number of rotatable bonds is 6. The molecule has 0 bridgehead atoms. The number of nitrogens with zero attached hydrogens (tertiary/aromatic N) is 2. The Balaban J connectivity index is 1.55. The highest BCUT2D eigenvalue weighted by atomic mass is 19.4. The molecule has 1 aliphatic rings. The molecule has 4 nitrogen and oxygen atoms in total. The Kier molecular flexibility index (Phi) is 6.44. The van der Waals surface area contributed by atoms with E-state index in [0.717, 1.165) is 41.5 Å². The molecule has 7 heteroatoms. The molecule has 1 aliphatic heterocycles. The number of anilines is 1. The minimum Gasteiger partial charge on any atom is -0.493 e. The predicted molar refractivity (Wildman–Crippen MR) is 116 cm³/mol. The molecule has 0 aliphatic carbocycles. The number of benzene rings is 2. The van der Waals surface area contributed by atoms with Gasteiger partial charge in [0.25, 0.3) is 0 Å². The van der Waals surface area contributed by atoms with Crippen LogP contribution >= 0.6 is 0 Å². The van der Waals surface area contributed by atoms with Crippen LogP contribution in [-0.2, 0) is 30.2 Å². The van der Waals surface area contributed by atoms with E-state index in [9.17, 15) is 18.0 Å². The third-order valence-corrected chi connectivity index (χ3v) is 5.44. The van der Waals surface area contributed by atoms with Gasteiger partial charge in [-0.1, -0.05) is 36.4 Å². The summed E-state index contributed by atoms with van der Waals surface area (Å²) < 4.78 is 44.0. The average molecular weight is 440 g/mol. The lowest BCUT2D eigenvalue weighted by molar-refractivity contribution is -0.141. The number of carbonyl (C=O) groups excluding carboxylic acids is 1. The van der Waals surface area contributed by atoms with E-state index in [2.05, 4.69) is 4.98 Å². The molecule has 0 spiro atoms. The molecule has 166 valence electrons. The van der Waals surface area contributed by atoms with Gasteiger partial charge in [0, 0.05) is 18.4 Å². The van der Waals surface area contributed by atoms with Gasteiger partial charge in [-0.05, 0) is 60.2 Å². The number of pyridine rings is 1. The van der Waals surface area contributed by atoms with Gasteiger partial charge in [0.2, 0.25) is 5.91 Å². The minimum atomic E-state index is -4.47. The van der Waals surface area contributed by atoms with Gasteiger partial charge >= 0.3 is 6.18 Å². The highest BCUT2D eigenvalue weighted by Crippen LogP contribution is 2.30. The second-order valence-electron chi connectivity index (χ2n) is 7.75. The number of ether oxygens (including phenoxy) is 1. The molecule has 3 aromatic rings. The fourth-order valence-electron chi connectivity index (χ4n) is 3.76. The second-order valence-corrected chi connectivity index (χ2v) is 7.75. The van der Waals surface area contributed by atoms with Gasteiger partial charge in [0.05, 0.1) is 13.0 Å². The fraction of sp³-hybridized carbons (Fsp3) is 0.280. The zero-order valence-corrected chi connectivity index (χ0v) is 17.4. The lowest BCUT2D eigenvalue weighted by Gasteiger charge is -2.26. The van der Waals surface area contributed by atoms with Crippen molar-refractivity contribution in [3.8, 4) is 5.75 Å². The average Bonchev–Trinajstić information content (AvgIpc) is 2.79. The van der Waals surface area contributed by atoms with Crippen molar-refractivity contribution in [2.75, 3.05) is 18.1 Å². The maximum atomic E-state index is 13.2. The standard InChI is InChI=1S/C25H23F3N2O2/c26-25(27,28)23-11-8-19(17-29-23)12-13-30(24(31)15-18-5-2-1-3-6-18)21-9-10-22-20(16-21)7-4-14-32-22/h1-3,5-6,8-11,16-17H,4,7,12-15H2. The topological polar surface area (TPSA) is 42.4 Å². The monoisotopic (exact) mass is 440 g/mol. The summed E-state index contributed by atoms with van der Waals surface area (Å²) in [7, 11) is 0. The number of amides is 1. The summed E-state index contributed by atoms with van der Waals surface area (Å²) >= 11 is 0. The van der Waals surface area contributed by atoms with Crippen LogP contribution in [0.25, 0.3) is 0 Å². The highest BCUT2D eigenvalue weighted by molar-refractivity contribution is 5.95. The number of carbonyl (C=O) groups is 1. The summed E-state index contributed by atoms with van der Waals surface area (Å²) in [5.74, 6) is 0.759. The first kappa shape index (κ1) is 21.9. The molecule has 0 N–H and O–H groups in total. The molecular weight excluding hydrogens is 417 g/mol. The number of alkyl halides is 3. The molecule has 32 heavy (non-hydrogen) atoms. The van der Waals surface area contributed by atoms with Gasteiger partial charge in [-0.25, -0.2) is 0 Å². The van der Waals surface area contributed by atoms with Crippen LogP contribution in [0.5, 0.6) is 5.75 Å². The molecule has 2 heterocycles. The Labute approximate surface area is 184 Å². The Morgan fingerprint density at radius 3 is 2.56 bits per heavy atom. The van der Waals surface area contributed by atoms with Crippen molar-refractivity contribution in [3.63, 3.8) is 0 Å². The number of fused-ring (bicyclic) bond motifs is 1. The summed E-state index contributed by atoms with van der Waals surface area (Å²) in [4.78, 5) is 18.4. The van der Waals surface area contributed by atoms with Gasteiger partial charge in [-0.3, -0.25) is 9.78 Å². The number of aryl methyl sites for hydroxylation is 1. The normalized spacial score (nSPS) is 13.2. The third kappa shape index (κ3) is 5.28. The minimum absolute atomic E-state index is 0.0762. The van der Waals surface area contributed by atoms with E-state index in [0.29, 0.717) is 25.1 Å².